The molecule has 0 unspecified atom stereocenters. The van der Waals surface area contributed by atoms with Crippen molar-refractivity contribution < 1.29 is 9.21 Å². The third-order valence-electron chi connectivity index (χ3n) is 3.91. The zero-order valence-corrected chi connectivity index (χ0v) is 14.8. The lowest BCUT2D eigenvalue weighted by molar-refractivity contribution is 0.0994. The molecular formula is C19H16N4O2S. The fourth-order valence-electron chi connectivity index (χ4n) is 2.68. The summed E-state index contributed by atoms with van der Waals surface area (Å²) in [4.78, 5) is 21.3. The molecule has 3 heterocycles. The van der Waals surface area contributed by atoms with Crippen LogP contribution in [0.25, 0.3) is 20.8 Å². The molecule has 1 amide bonds. The van der Waals surface area contributed by atoms with Gasteiger partial charge in [-0.1, -0.05) is 12.1 Å². The van der Waals surface area contributed by atoms with E-state index in [0.29, 0.717) is 11.4 Å². The minimum atomic E-state index is -0.328. The molecule has 0 aliphatic rings. The molecule has 0 spiro atoms. The number of thiazole rings is 1. The highest BCUT2D eigenvalue weighted by molar-refractivity contribution is 7.21. The number of rotatable bonds is 4. The normalized spacial score (nSPS) is 11.0. The van der Waals surface area contributed by atoms with Gasteiger partial charge in [0.05, 0.1) is 28.6 Å². The molecule has 0 saturated heterocycles. The van der Waals surface area contributed by atoms with Crippen LogP contribution in [-0.4, -0.2) is 15.9 Å². The summed E-state index contributed by atoms with van der Waals surface area (Å²) >= 11 is 1.59. The van der Waals surface area contributed by atoms with Gasteiger partial charge in [-0.25, -0.2) is 4.98 Å². The van der Waals surface area contributed by atoms with Crippen molar-refractivity contribution in [1.29, 1.82) is 0 Å². The fourth-order valence-corrected chi connectivity index (χ4v) is 3.63. The van der Waals surface area contributed by atoms with Crippen LogP contribution in [-0.2, 0) is 6.54 Å². The van der Waals surface area contributed by atoms with Crippen LogP contribution >= 0.6 is 11.3 Å². The van der Waals surface area contributed by atoms with Gasteiger partial charge in [-0.3, -0.25) is 9.78 Å². The first-order valence-electron chi connectivity index (χ1n) is 8.06. The molecule has 0 atom stereocenters. The topological polar surface area (TPSA) is 94.0 Å². The van der Waals surface area contributed by atoms with E-state index >= 15 is 0 Å². The number of benzene rings is 1. The number of hydrogen-bond acceptors (Lipinski definition) is 6. The Balaban J connectivity index is 1.61. The van der Waals surface area contributed by atoms with Gasteiger partial charge in [0.2, 0.25) is 0 Å². The second-order valence-electron chi connectivity index (χ2n) is 5.83. The number of para-hydroxylation sites is 1. The number of pyridine rings is 1. The number of carbonyl (C=O) groups excluding carboxylic acids is 1. The van der Waals surface area contributed by atoms with Crippen molar-refractivity contribution in [2.24, 2.45) is 5.73 Å². The standard InChI is InChI=1S/C19H16N4O2S/c1-11-6-14(8-20)25-17(11)18(24)22-13-7-12(9-21-10-13)19-23-15-4-2-3-5-16(15)26-19/h2-7,9-10H,8,20H2,1H3,(H,22,24). The van der Waals surface area contributed by atoms with E-state index in [4.69, 9.17) is 10.2 Å². The molecule has 7 heteroatoms. The summed E-state index contributed by atoms with van der Waals surface area (Å²) in [5.41, 5.74) is 8.69. The minimum absolute atomic E-state index is 0.253. The highest BCUT2D eigenvalue weighted by atomic mass is 32.1. The first-order valence-corrected chi connectivity index (χ1v) is 8.87. The van der Waals surface area contributed by atoms with Crippen LogP contribution in [0.3, 0.4) is 0 Å². The molecule has 4 aromatic rings. The Morgan fingerprint density at radius 2 is 2.12 bits per heavy atom. The SMILES string of the molecule is Cc1cc(CN)oc1C(=O)Nc1cncc(-c2nc3ccccc3s2)c1. The largest absolute Gasteiger partial charge is 0.454 e. The number of nitrogens with one attached hydrogen (secondary N) is 1. The summed E-state index contributed by atoms with van der Waals surface area (Å²) < 4.78 is 6.59. The Morgan fingerprint density at radius 3 is 2.88 bits per heavy atom. The highest BCUT2D eigenvalue weighted by Gasteiger charge is 2.16. The number of aryl methyl sites for hydroxylation is 1. The van der Waals surface area contributed by atoms with Crippen molar-refractivity contribution in [3.8, 4) is 10.6 Å². The van der Waals surface area contributed by atoms with E-state index in [1.807, 2.05) is 37.3 Å². The van der Waals surface area contributed by atoms with Crippen LogP contribution in [0.5, 0.6) is 0 Å². The Labute approximate surface area is 153 Å². The number of aromatic nitrogens is 2. The summed E-state index contributed by atoms with van der Waals surface area (Å²) in [7, 11) is 0. The molecule has 3 N–H and O–H groups in total. The van der Waals surface area contributed by atoms with Crippen molar-refractivity contribution in [2.45, 2.75) is 13.5 Å². The number of carbonyl (C=O) groups is 1. The predicted octanol–water partition coefficient (Wildman–Crippen LogP) is 3.97. The zero-order chi connectivity index (χ0) is 18.1. The van der Waals surface area contributed by atoms with Crippen LogP contribution in [0, 0.1) is 6.92 Å². The number of anilines is 1. The number of nitrogens with two attached hydrogens (primary N) is 1. The average molecular weight is 364 g/mol. The molecule has 3 aromatic heterocycles. The van der Waals surface area contributed by atoms with Gasteiger partial charge in [0.15, 0.2) is 5.76 Å². The van der Waals surface area contributed by atoms with Crippen molar-refractivity contribution in [3.63, 3.8) is 0 Å². The first kappa shape index (κ1) is 16.4. The van der Waals surface area contributed by atoms with Gasteiger partial charge in [-0.15, -0.1) is 11.3 Å². The van der Waals surface area contributed by atoms with Crippen molar-refractivity contribution in [3.05, 3.63) is 65.9 Å². The highest BCUT2D eigenvalue weighted by Crippen LogP contribution is 2.30. The van der Waals surface area contributed by atoms with Crippen molar-refractivity contribution in [2.75, 3.05) is 5.32 Å². The second kappa shape index (κ2) is 6.70. The lowest BCUT2D eigenvalue weighted by Gasteiger charge is -2.05. The number of nitrogens with zero attached hydrogens (tertiary/aromatic N) is 2. The van der Waals surface area contributed by atoms with E-state index in [1.54, 1.807) is 29.8 Å². The second-order valence-corrected chi connectivity index (χ2v) is 6.86. The minimum Gasteiger partial charge on any atom is -0.454 e. The smallest absolute Gasteiger partial charge is 0.291 e. The van der Waals surface area contributed by atoms with Crippen LogP contribution in [0.2, 0.25) is 0 Å². The molecule has 1 aromatic carbocycles. The molecule has 0 bridgehead atoms. The van der Waals surface area contributed by atoms with E-state index < -0.39 is 0 Å². The molecule has 130 valence electrons. The van der Waals surface area contributed by atoms with Crippen LogP contribution in [0.1, 0.15) is 21.9 Å². The van der Waals surface area contributed by atoms with E-state index in [2.05, 4.69) is 15.3 Å². The number of fused-ring (bicyclic) bond motifs is 1. The molecular weight excluding hydrogens is 348 g/mol. The predicted molar refractivity (Wildman–Crippen MR) is 102 cm³/mol. The number of amides is 1. The molecule has 0 radical (unpaired) electrons. The molecule has 0 aliphatic carbocycles. The Kier molecular flexibility index (Phi) is 4.24. The Bertz CT molecular complexity index is 1070. The summed E-state index contributed by atoms with van der Waals surface area (Å²) in [5, 5.41) is 3.68. The molecule has 4 rings (SSSR count). The summed E-state index contributed by atoms with van der Waals surface area (Å²) in [6.07, 6.45) is 3.33. The van der Waals surface area contributed by atoms with Crippen molar-refractivity contribution in [1.82, 2.24) is 9.97 Å². The zero-order valence-electron chi connectivity index (χ0n) is 14.0. The van der Waals surface area contributed by atoms with Gasteiger partial charge in [0, 0.05) is 17.3 Å². The lowest BCUT2D eigenvalue weighted by atomic mass is 10.2. The molecule has 0 saturated carbocycles. The van der Waals surface area contributed by atoms with E-state index in [1.165, 1.54) is 0 Å². The molecule has 0 fully saturated rings. The monoisotopic (exact) mass is 364 g/mol. The van der Waals surface area contributed by atoms with Gasteiger partial charge in [-0.05, 0) is 31.2 Å². The fraction of sp³-hybridized carbons (Fsp3) is 0.105. The first-order chi connectivity index (χ1) is 12.6. The number of furan rings is 1. The van der Waals surface area contributed by atoms with Crippen LogP contribution in [0.4, 0.5) is 5.69 Å². The molecule has 0 aliphatic heterocycles. The van der Waals surface area contributed by atoms with E-state index in [0.717, 1.165) is 26.4 Å². The van der Waals surface area contributed by atoms with Crippen molar-refractivity contribution >= 4 is 33.1 Å². The summed E-state index contributed by atoms with van der Waals surface area (Å²) in [6, 6.07) is 11.6. The van der Waals surface area contributed by atoms with Gasteiger partial charge < -0.3 is 15.5 Å². The van der Waals surface area contributed by atoms with Gasteiger partial charge in [0.1, 0.15) is 10.8 Å². The third kappa shape index (κ3) is 3.10. The maximum Gasteiger partial charge on any atom is 0.291 e. The Morgan fingerprint density at radius 1 is 1.27 bits per heavy atom. The average Bonchev–Trinajstić information content (AvgIpc) is 3.25. The maximum atomic E-state index is 12.5. The lowest BCUT2D eigenvalue weighted by Crippen LogP contribution is -2.12. The summed E-state index contributed by atoms with van der Waals surface area (Å²) in [5.74, 6) is 0.510. The maximum absolute atomic E-state index is 12.5. The van der Waals surface area contributed by atoms with Crippen LogP contribution < -0.4 is 11.1 Å². The summed E-state index contributed by atoms with van der Waals surface area (Å²) in [6.45, 7) is 2.07. The Hall–Kier alpha value is -3.03. The molecule has 26 heavy (non-hydrogen) atoms. The quantitative estimate of drug-likeness (QED) is 0.571. The van der Waals surface area contributed by atoms with Crippen LogP contribution in [0.15, 0.2) is 53.2 Å². The third-order valence-corrected chi connectivity index (χ3v) is 5.00. The van der Waals surface area contributed by atoms with Gasteiger partial charge in [-0.2, -0.15) is 0 Å². The van der Waals surface area contributed by atoms with Gasteiger partial charge in [0.25, 0.3) is 5.91 Å². The molecule has 6 nitrogen and oxygen atoms in total. The van der Waals surface area contributed by atoms with E-state index in [9.17, 15) is 4.79 Å². The van der Waals surface area contributed by atoms with E-state index in [-0.39, 0.29) is 18.2 Å². The van der Waals surface area contributed by atoms with Gasteiger partial charge >= 0.3 is 0 Å². The number of hydrogen-bond donors (Lipinski definition) is 2.